The normalized spacial score (nSPS) is 10.4. The summed E-state index contributed by atoms with van der Waals surface area (Å²) in [5, 5.41) is 2.93. The number of methoxy groups -OCH3 is 1. The van der Waals surface area contributed by atoms with Crippen LogP contribution in [0.1, 0.15) is 15.9 Å². The Kier molecular flexibility index (Phi) is 5.66. The van der Waals surface area contributed by atoms with Gasteiger partial charge in [0.05, 0.1) is 18.1 Å². The van der Waals surface area contributed by atoms with Gasteiger partial charge < -0.3 is 15.0 Å². The fraction of sp³-hybridized carbons (Fsp3) is 0.0909. The van der Waals surface area contributed by atoms with Gasteiger partial charge in [0.15, 0.2) is 0 Å². The molecule has 0 fully saturated rings. The summed E-state index contributed by atoms with van der Waals surface area (Å²) in [4.78, 5) is 20.4. The van der Waals surface area contributed by atoms with Crippen LogP contribution in [0.2, 0.25) is 0 Å². The van der Waals surface area contributed by atoms with Crippen molar-refractivity contribution in [3.63, 3.8) is 0 Å². The molecule has 0 aliphatic rings. The van der Waals surface area contributed by atoms with Crippen LogP contribution in [0.3, 0.4) is 0 Å². The van der Waals surface area contributed by atoms with Gasteiger partial charge in [0.2, 0.25) is 0 Å². The standard InChI is InChI=1S/C22H19N3O2.ClH/c1-14-6-11-19-20(12-14)25-21(24-19)16-4-3-5-17(13-16)23-22(26)15-7-9-18(27-2)10-8-15;/h3-13H,1-2H3,(H,23,26)(H,24,25);1H. The lowest BCUT2D eigenvalue weighted by molar-refractivity contribution is 0.102. The van der Waals surface area contributed by atoms with Crippen LogP contribution >= 0.6 is 12.4 Å². The van der Waals surface area contributed by atoms with Crippen LogP contribution in [0.4, 0.5) is 5.69 Å². The van der Waals surface area contributed by atoms with Gasteiger partial charge >= 0.3 is 0 Å². The topological polar surface area (TPSA) is 67.0 Å². The van der Waals surface area contributed by atoms with E-state index in [0.717, 1.165) is 22.4 Å². The maximum Gasteiger partial charge on any atom is 0.255 e. The van der Waals surface area contributed by atoms with Gasteiger partial charge in [0.1, 0.15) is 11.6 Å². The highest BCUT2D eigenvalue weighted by atomic mass is 35.5. The molecule has 0 saturated carbocycles. The van der Waals surface area contributed by atoms with Gasteiger partial charge in [-0.05, 0) is 61.0 Å². The first-order valence-corrected chi connectivity index (χ1v) is 8.64. The minimum absolute atomic E-state index is 0. The van der Waals surface area contributed by atoms with E-state index in [1.54, 1.807) is 31.4 Å². The lowest BCUT2D eigenvalue weighted by Gasteiger charge is -2.07. The van der Waals surface area contributed by atoms with Gasteiger partial charge in [-0.15, -0.1) is 12.4 Å². The van der Waals surface area contributed by atoms with Crippen molar-refractivity contribution in [1.29, 1.82) is 0 Å². The molecule has 1 aromatic heterocycles. The Morgan fingerprint density at radius 2 is 1.82 bits per heavy atom. The van der Waals surface area contributed by atoms with E-state index in [2.05, 4.69) is 28.3 Å². The molecular weight excluding hydrogens is 374 g/mol. The maximum absolute atomic E-state index is 12.5. The molecule has 0 radical (unpaired) electrons. The van der Waals surface area contributed by atoms with E-state index in [0.29, 0.717) is 17.0 Å². The number of halogens is 1. The van der Waals surface area contributed by atoms with E-state index >= 15 is 0 Å². The lowest BCUT2D eigenvalue weighted by atomic mass is 10.1. The number of amides is 1. The maximum atomic E-state index is 12.5. The molecule has 0 atom stereocenters. The van der Waals surface area contributed by atoms with Crippen LogP contribution in [-0.4, -0.2) is 23.0 Å². The van der Waals surface area contributed by atoms with Gasteiger partial charge in [-0.3, -0.25) is 4.79 Å². The number of aromatic amines is 1. The molecule has 4 aromatic rings. The third-order valence-corrected chi connectivity index (χ3v) is 4.38. The molecular formula is C22H20ClN3O2. The van der Waals surface area contributed by atoms with Crippen molar-refractivity contribution in [2.45, 2.75) is 6.92 Å². The molecule has 1 heterocycles. The molecule has 0 spiro atoms. The molecule has 1 amide bonds. The van der Waals surface area contributed by atoms with Gasteiger partial charge in [-0.2, -0.15) is 0 Å². The predicted octanol–water partition coefficient (Wildman–Crippen LogP) is 5.22. The molecule has 0 aliphatic heterocycles. The summed E-state index contributed by atoms with van der Waals surface area (Å²) in [5.41, 5.74) is 5.29. The number of nitrogens with zero attached hydrogens (tertiary/aromatic N) is 1. The highest BCUT2D eigenvalue weighted by Gasteiger charge is 2.09. The Hall–Kier alpha value is -3.31. The molecule has 0 bridgehead atoms. The van der Waals surface area contributed by atoms with E-state index in [9.17, 15) is 4.79 Å². The first kappa shape index (κ1) is 19.5. The Bertz CT molecular complexity index is 1120. The number of imidazole rings is 1. The fourth-order valence-corrected chi connectivity index (χ4v) is 2.95. The zero-order chi connectivity index (χ0) is 18.8. The van der Waals surface area contributed by atoms with Crippen molar-refractivity contribution >= 4 is 35.0 Å². The van der Waals surface area contributed by atoms with Gasteiger partial charge in [0.25, 0.3) is 5.91 Å². The van der Waals surface area contributed by atoms with E-state index in [4.69, 9.17) is 4.74 Å². The zero-order valence-corrected chi connectivity index (χ0v) is 16.3. The average molecular weight is 394 g/mol. The number of rotatable bonds is 4. The Morgan fingerprint density at radius 1 is 1.04 bits per heavy atom. The quantitative estimate of drug-likeness (QED) is 0.499. The number of benzene rings is 3. The number of carbonyl (C=O) groups excluding carboxylic acids is 1. The Balaban J connectivity index is 0.00000225. The van der Waals surface area contributed by atoms with Crippen molar-refractivity contribution in [1.82, 2.24) is 9.97 Å². The Labute approximate surface area is 169 Å². The number of H-pyrrole nitrogens is 1. The Morgan fingerprint density at radius 3 is 2.57 bits per heavy atom. The predicted molar refractivity (Wildman–Crippen MR) is 114 cm³/mol. The molecule has 2 N–H and O–H groups in total. The molecule has 0 saturated heterocycles. The molecule has 4 rings (SSSR count). The molecule has 3 aromatic carbocycles. The fourth-order valence-electron chi connectivity index (χ4n) is 2.95. The number of hydrogen-bond acceptors (Lipinski definition) is 3. The number of fused-ring (bicyclic) bond motifs is 1. The number of nitrogens with one attached hydrogen (secondary N) is 2. The third-order valence-electron chi connectivity index (χ3n) is 4.38. The van der Waals surface area contributed by atoms with Gasteiger partial charge in [0, 0.05) is 16.8 Å². The van der Waals surface area contributed by atoms with Crippen LogP contribution < -0.4 is 10.1 Å². The molecule has 28 heavy (non-hydrogen) atoms. The summed E-state index contributed by atoms with van der Waals surface area (Å²) in [6.07, 6.45) is 0. The number of aromatic nitrogens is 2. The van der Waals surface area contributed by atoms with E-state index in [-0.39, 0.29) is 18.3 Å². The number of aryl methyl sites for hydroxylation is 1. The third kappa shape index (κ3) is 4.00. The minimum atomic E-state index is -0.171. The SMILES string of the molecule is COc1ccc(C(=O)Nc2cccc(-c3nc4ccc(C)cc4[nH]3)c2)cc1.Cl. The molecule has 0 unspecified atom stereocenters. The average Bonchev–Trinajstić information content (AvgIpc) is 3.11. The van der Waals surface area contributed by atoms with Crippen molar-refractivity contribution in [3.8, 4) is 17.1 Å². The monoisotopic (exact) mass is 393 g/mol. The van der Waals surface area contributed by atoms with E-state index in [1.165, 1.54) is 5.56 Å². The number of anilines is 1. The minimum Gasteiger partial charge on any atom is -0.497 e. The second-order valence-electron chi connectivity index (χ2n) is 6.37. The summed E-state index contributed by atoms with van der Waals surface area (Å²) in [5.74, 6) is 1.32. The van der Waals surface area contributed by atoms with Crippen LogP contribution in [0.25, 0.3) is 22.4 Å². The van der Waals surface area contributed by atoms with Crippen molar-refractivity contribution in [3.05, 3.63) is 77.9 Å². The van der Waals surface area contributed by atoms with Gasteiger partial charge in [-0.1, -0.05) is 18.2 Å². The van der Waals surface area contributed by atoms with Crippen LogP contribution in [0.5, 0.6) is 5.75 Å². The van der Waals surface area contributed by atoms with Crippen molar-refractivity contribution in [2.24, 2.45) is 0 Å². The summed E-state index contributed by atoms with van der Waals surface area (Å²) >= 11 is 0. The highest BCUT2D eigenvalue weighted by molar-refractivity contribution is 6.04. The van der Waals surface area contributed by atoms with Crippen molar-refractivity contribution in [2.75, 3.05) is 12.4 Å². The molecule has 142 valence electrons. The first-order valence-electron chi connectivity index (χ1n) is 8.64. The smallest absolute Gasteiger partial charge is 0.255 e. The van der Waals surface area contributed by atoms with Crippen LogP contribution in [-0.2, 0) is 0 Å². The summed E-state index contributed by atoms with van der Waals surface area (Å²) in [6, 6.07) is 20.7. The zero-order valence-electron chi connectivity index (χ0n) is 15.5. The summed E-state index contributed by atoms with van der Waals surface area (Å²) in [7, 11) is 1.60. The molecule has 0 aliphatic carbocycles. The molecule has 5 nitrogen and oxygen atoms in total. The number of ether oxygens (including phenoxy) is 1. The second kappa shape index (κ2) is 8.15. The largest absolute Gasteiger partial charge is 0.497 e. The summed E-state index contributed by atoms with van der Waals surface area (Å²) < 4.78 is 5.12. The van der Waals surface area contributed by atoms with E-state index in [1.807, 2.05) is 36.4 Å². The van der Waals surface area contributed by atoms with Gasteiger partial charge in [-0.25, -0.2) is 4.98 Å². The second-order valence-corrected chi connectivity index (χ2v) is 6.37. The highest BCUT2D eigenvalue weighted by Crippen LogP contribution is 2.24. The van der Waals surface area contributed by atoms with Crippen LogP contribution in [0, 0.1) is 6.92 Å². The number of hydrogen-bond donors (Lipinski definition) is 2. The van der Waals surface area contributed by atoms with Crippen molar-refractivity contribution < 1.29 is 9.53 Å². The van der Waals surface area contributed by atoms with Crippen LogP contribution in [0.15, 0.2) is 66.7 Å². The lowest BCUT2D eigenvalue weighted by Crippen LogP contribution is -2.11. The first-order chi connectivity index (χ1) is 13.1. The number of carbonyl (C=O) groups is 1. The summed E-state index contributed by atoms with van der Waals surface area (Å²) in [6.45, 7) is 2.05. The van der Waals surface area contributed by atoms with E-state index < -0.39 is 0 Å². The molecule has 6 heteroatoms.